The SMILES string of the molecule is CC1CCN(C(=O)CCNC(=O)OC(C)(C)C)CC1C. The smallest absolute Gasteiger partial charge is 0.407 e. The Balaban J connectivity index is 2.25. The fourth-order valence-electron chi connectivity index (χ4n) is 2.23. The molecule has 0 spiro atoms. The van der Waals surface area contributed by atoms with Crippen molar-refractivity contribution in [2.24, 2.45) is 11.8 Å². The minimum atomic E-state index is -0.507. The molecule has 1 rings (SSSR count). The Morgan fingerprint density at radius 2 is 1.90 bits per heavy atom. The number of nitrogens with one attached hydrogen (secondary N) is 1. The van der Waals surface area contributed by atoms with Gasteiger partial charge >= 0.3 is 6.09 Å². The lowest BCUT2D eigenvalue weighted by Gasteiger charge is -2.35. The molecule has 1 heterocycles. The molecule has 116 valence electrons. The summed E-state index contributed by atoms with van der Waals surface area (Å²) >= 11 is 0. The highest BCUT2D eigenvalue weighted by atomic mass is 16.6. The standard InChI is InChI=1S/C15H28N2O3/c1-11-7-9-17(10-12(11)2)13(18)6-8-16-14(19)20-15(3,4)5/h11-12H,6-10H2,1-5H3,(H,16,19). The zero-order chi connectivity index (χ0) is 15.3. The summed E-state index contributed by atoms with van der Waals surface area (Å²) in [7, 11) is 0. The van der Waals surface area contributed by atoms with Gasteiger partial charge in [0.15, 0.2) is 0 Å². The Hall–Kier alpha value is -1.26. The van der Waals surface area contributed by atoms with Gasteiger partial charge in [0.2, 0.25) is 5.91 Å². The van der Waals surface area contributed by atoms with E-state index in [-0.39, 0.29) is 5.91 Å². The van der Waals surface area contributed by atoms with E-state index in [2.05, 4.69) is 19.2 Å². The average Bonchev–Trinajstić information content (AvgIpc) is 2.30. The topological polar surface area (TPSA) is 58.6 Å². The Morgan fingerprint density at radius 1 is 1.25 bits per heavy atom. The number of ether oxygens (including phenoxy) is 1. The summed E-state index contributed by atoms with van der Waals surface area (Å²) in [6.45, 7) is 11.8. The fraction of sp³-hybridized carbons (Fsp3) is 0.867. The van der Waals surface area contributed by atoms with Gasteiger partial charge in [-0.15, -0.1) is 0 Å². The molecule has 1 saturated heterocycles. The number of hydrogen-bond donors (Lipinski definition) is 1. The van der Waals surface area contributed by atoms with Gasteiger partial charge in [-0.1, -0.05) is 13.8 Å². The second-order valence-corrected chi connectivity index (χ2v) is 6.76. The van der Waals surface area contributed by atoms with Crippen LogP contribution in [0.1, 0.15) is 47.5 Å². The Bertz CT molecular complexity index is 350. The van der Waals surface area contributed by atoms with E-state index in [9.17, 15) is 9.59 Å². The number of amides is 2. The number of nitrogens with zero attached hydrogens (tertiary/aromatic N) is 1. The minimum absolute atomic E-state index is 0.111. The van der Waals surface area contributed by atoms with Crippen molar-refractivity contribution in [2.75, 3.05) is 19.6 Å². The van der Waals surface area contributed by atoms with E-state index >= 15 is 0 Å². The van der Waals surface area contributed by atoms with Crippen molar-refractivity contribution < 1.29 is 14.3 Å². The molecule has 0 aliphatic carbocycles. The fourth-order valence-corrected chi connectivity index (χ4v) is 2.23. The van der Waals surface area contributed by atoms with Gasteiger partial charge in [0.25, 0.3) is 0 Å². The first-order valence-corrected chi connectivity index (χ1v) is 7.43. The lowest BCUT2D eigenvalue weighted by Crippen LogP contribution is -2.43. The predicted molar refractivity (Wildman–Crippen MR) is 78.4 cm³/mol. The summed E-state index contributed by atoms with van der Waals surface area (Å²) in [6, 6.07) is 0. The molecule has 0 saturated carbocycles. The predicted octanol–water partition coefficient (Wildman–Crippen LogP) is 2.41. The maximum atomic E-state index is 12.1. The summed E-state index contributed by atoms with van der Waals surface area (Å²) in [6.07, 6.45) is 0.929. The first-order chi connectivity index (χ1) is 9.19. The van der Waals surface area contributed by atoms with Crippen LogP contribution in [-0.2, 0) is 9.53 Å². The van der Waals surface area contributed by atoms with Gasteiger partial charge in [0.05, 0.1) is 0 Å². The number of likely N-dealkylation sites (tertiary alicyclic amines) is 1. The normalized spacial score (nSPS) is 23.4. The van der Waals surface area contributed by atoms with Crippen molar-refractivity contribution in [1.82, 2.24) is 10.2 Å². The lowest BCUT2D eigenvalue weighted by atomic mass is 9.88. The number of carbonyl (C=O) groups is 2. The van der Waals surface area contributed by atoms with E-state index in [1.807, 2.05) is 25.7 Å². The zero-order valence-electron chi connectivity index (χ0n) is 13.4. The molecule has 1 aliphatic heterocycles. The second kappa shape index (κ2) is 6.95. The van der Waals surface area contributed by atoms with Crippen LogP contribution < -0.4 is 5.32 Å². The van der Waals surface area contributed by atoms with Crippen LogP contribution in [0.25, 0.3) is 0 Å². The van der Waals surface area contributed by atoms with Gasteiger partial charge in [0.1, 0.15) is 5.60 Å². The molecule has 2 amide bonds. The van der Waals surface area contributed by atoms with E-state index in [1.54, 1.807) is 0 Å². The molecule has 0 aromatic carbocycles. The van der Waals surface area contributed by atoms with Crippen LogP contribution in [0.15, 0.2) is 0 Å². The van der Waals surface area contributed by atoms with Crippen LogP contribution >= 0.6 is 0 Å². The molecule has 1 fully saturated rings. The van der Waals surface area contributed by atoms with Crippen LogP contribution in [-0.4, -0.2) is 42.1 Å². The molecule has 0 radical (unpaired) electrons. The average molecular weight is 284 g/mol. The Kier molecular flexibility index (Phi) is 5.84. The molecule has 2 unspecified atom stereocenters. The van der Waals surface area contributed by atoms with Gasteiger partial charge < -0.3 is 15.0 Å². The van der Waals surface area contributed by atoms with Gasteiger partial charge in [-0.05, 0) is 39.0 Å². The van der Waals surface area contributed by atoms with Crippen molar-refractivity contribution in [3.05, 3.63) is 0 Å². The van der Waals surface area contributed by atoms with E-state index in [4.69, 9.17) is 4.74 Å². The van der Waals surface area contributed by atoms with Gasteiger partial charge in [-0.3, -0.25) is 4.79 Å². The number of piperidine rings is 1. The van der Waals surface area contributed by atoms with E-state index in [0.717, 1.165) is 19.5 Å². The summed E-state index contributed by atoms with van der Waals surface area (Å²) < 4.78 is 5.12. The maximum Gasteiger partial charge on any atom is 0.407 e. The minimum Gasteiger partial charge on any atom is -0.444 e. The quantitative estimate of drug-likeness (QED) is 0.865. The molecule has 1 N–H and O–H groups in total. The van der Waals surface area contributed by atoms with Crippen molar-refractivity contribution in [3.8, 4) is 0 Å². The lowest BCUT2D eigenvalue weighted by molar-refractivity contribution is -0.133. The summed E-state index contributed by atoms with van der Waals surface area (Å²) in [5, 5.41) is 2.62. The zero-order valence-corrected chi connectivity index (χ0v) is 13.4. The molecule has 0 aromatic heterocycles. The summed E-state index contributed by atoms with van der Waals surface area (Å²) in [5.41, 5.74) is -0.507. The molecule has 0 aromatic rings. The molecule has 5 heteroatoms. The van der Waals surface area contributed by atoms with E-state index in [1.165, 1.54) is 0 Å². The highest BCUT2D eigenvalue weighted by Crippen LogP contribution is 2.22. The highest BCUT2D eigenvalue weighted by molar-refractivity contribution is 5.77. The van der Waals surface area contributed by atoms with Gasteiger partial charge in [0, 0.05) is 26.1 Å². The van der Waals surface area contributed by atoms with Crippen molar-refractivity contribution in [1.29, 1.82) is 0 Å². The largest absolute Gasteiger partial charge is 0.444 e. The van der Waals surface area contributed by atoms with Crippen molar-refractivity contribution >= 4 is 12.0 Å². The summed E-state index contributed by atoms with van der Waals surface area (Å²) in [5.74, 6) is 1.34. The van der Waals surface area contributed by atoms with Crippen LogP contribution in [0.4, 0.5) is 4.79 Å². The third-order valence-corrected chi connectivity index (χ3v) is 3.69. The first kappa shape index (κ1) is 16.8. The molecule has 2 atom stereocenters. The molecular weight excluding hydrogens is 256 g/mol. The van der Waals surface area contributed by atoms with Crippen LogP contribution in [0.3, 0.4) is 0 Å². The van der Waals surface area contributed by atoms with Gasteiger partial charge in [-0.2, -0.15) is 0 Å². The number of rotatable bonds is 3. The second-order valence-electron chi connectivity index (χ2n) is 6.76. The molecule has 0 bridgehead atoms. The highest BCUT2D eigenvalue weighted by Gasteiger charge is 2.25. The van der Waals surface area contributed by atoms with Crippen molar-refractivity contribution in [3.63, 3.8) is 0 Å². The third kappa shape index (κ3) is 5.80. The molecule has 1 aliphatic rings. The summed E-state index contributed by atoms with van der Waals surface area (Å²) in [4.78, 5) is 25.4. The first-order valence-electron chi connectivity index (χ1n) is 7.43. The van der Waals surface area contributed by atoms with Crippen LogP contribution in [0.2, 0.25) is 0 Å². The van der Waals surface area contributed by atoms with Crippen molar-refractivity contribution in [2.45, 2.75) is 53.1 Å². The molecular formula is C15H28N2O3. The van der Waals surface area contributed by atoms with Crippen LogP contribution in [0.5, 0.6) is 0 Å². The Labute approximate surface area is 122 Å². The third-order valence-electron chi connectivity index (χ3n) is 3.69. The Morgan fingerprint density at radius 3 is 2.45 bits per heavy atom. The van der Waals surface area contributed by atoms with E-state index in [0.29, 0.717) is 24.8 Å². The maximum absolute atomic E-state index is 12.1. The number of alkyl carbamates (subject to hydrolysis) is 1. The van der Waals surface area contributed by atoms with Crippen LogP contribution in [0, 0.1) is 11.8 Å². The van der Waals surface area contributed by atoms with E-state index < -0.39 is 11.7 Å². The molecule has 20 heavy (non-hydrogen) atoms. The number of carbonyl (C=O) groups excluding carboxylic acids is 2. The monoisotopic (exact) mass is 284 g/mol. The number of hydrogen-bond acceptors (Lipinski definition) is 3. The molecule has 5 nitrogen and oxygen atoms in total. The van der Waals surface area contributed by atoms with Gasteiger partial charge in [-0.25, -0.2) is 4.79 Å².